The minimum atomic E-state index is -2.64. The highest BCUT2D eigenvalue weighted by Gasteiger charge is 1.96. The van der Waals surface area contributed by atoms with E-state index in [0.29, 0.717) is 10.7 Å². The first-order valence-corrected chi connectivity index (χ1v) is 4.32. The summed E-state index contributed by atoms with van der Waals surface area (Å²) in [5, 5.41) is 0.340. The van der Waals surface area contributed by atoms with Crippen molar-refractivity contribution in [1.29, 1.82) is 0 Å². The van der Waals surface area contributed by atoms with Crippen LogP contribution in [0.5, 0.6) is 0 Å². The highest BCUT2D eigenvalue weighted by atomic mass is 35.5. The normalized spacial score (nSPS) is 10.0. The Balaban J connectivity index is 2.94. The van der Waals surface area contributed by atoms with Gasteiger partial charge in [0.15, 0.2) is 0 Å². The van der Waals surface area contributed by atoms with Crippen molar-refractivity contribution in [3.8, 4) is 0 Å². The molecule has 5 heteroatoms. The average Bonchev–Trinajstić information content (AvgIpc) is 1.93. The van der Waals surface area contributed by atoms with E-state index in [1.54, 1.807) is 6.07 Å². The average molecular weight is 191 g/mol. The van der Waals surface area contributed by atoms with Gasteiger partial charge in [-0.25, -0.2) is 8.42 Å². The SMILES string of the molecule is O=[SH](=O)Nc1cc[c]cc1Cl. The van der Waals surface area contributed by atoms with Crippen LogP contribution in [0.3, 0.4) is 0 Å². The predicted octanol–water partition coefficient (Wildman–Crippen LogP) is 1.08. The second-order valence-corrected chi connectivity index (χ2v) is 2.92. The second-order valence-electron chi connectivity index (χ2n) is 1.77. The van der Waals surface area contributed by atoms with Gasteiger partial charge >= 0.3 is 0 Å². The zero-order valence-corrected chi connectivity index (χ0v) is 7.02. The minimum Gasteiger partial charge on any atom is -0.284 e. The van der Waals surface area contributed by atoms with Crippen molar-refractivity contribution < 1.29 is 8.42 Å². The van der Waals surface area contributed by atoms with Gasteiger partial charge in [0.05, 0.1) is 10.7 Å². The third-order valence-electron chi connectivity index (χ3n) is 1.03. The maximum Gasteiger partial charge on any atom is 0.222 e. The summed E-state index contributed by atoms with van der Waals surface area (Å²) in [6.07, 6.45) is 0. The van der Waals surface area contributed by atoms with E-state index in [0.717, 1.165) is 0 Å². The molecule has 11 heavy (non-hydrogen) atoms. The molecule has 0 amide bonds. The number of benzene rings is 1. The summed E-state index contributed by atoms with van der Waals surface area (Å²) in [6.45, 7) is 0. The van der Waals surface area contributed by atoms with E-state index in [1.807, 2.05) is 0 Å². The Bertz CT molecular complexity index is 316. The molecule has 0 aliphatic rings. The summed E-state index contributed by atoms with van der Waals surface area (Å²) >= 11 is 5.61. The van der Waals surface area contributed by atoms with Gasteiger partial charge < -0.3 is 0 Å². The van der Waals surface area contributed by atoms with E-state index in [1.165, 1.54) is 12.1 Å². The van der Waals surface area contributed by atoms with Crippen LogP contribution in [0.15, 0.2) is 18.2 Å². The lowest BCUT2D eigenvalue weighted by Crippen LogP contribution is -1.94. The van der Waals surface area contributed by atoms with Crippen molar-refractivity contribution in [3.63, 3.8) is 0 Å². The number of rotatable bonds is 2. The zero-order chi connectivity index (χ0) is 8.27. The largest absolute Gasteiger partial charge is 0.284 e. The van der Waals surface area contributed by atoms with Crippen LogP contribution in [0.2, 0.25) is 5.02 Å². The van der Waals surface area contributed by atoms with Gasteiger partial charge in [-0.05, 0) is 18.2 Å². The molecule has 0 unspecified atom stereocenters. The Morgan fingerprint density at radius 2 is 2.27 bits per heavy atom. The molecule has 0 bridgehead atoms. The van der Waals surface area contributed by atoms with Crippen LogP contribution in [-0.4, -0.2) is 8.42 Å². The van der Waals surface area contributed by atoms with Gasteiger partial charge in [-0.2, -0.15) is 0 Å². The minimum absolute atomic E-state index is 0.340. The number of nitrogens with one attached hydrogen (secondary N) is 1. The fourth-order valence-electron chi connectivity index (χ4n) is 0.599. The maximum absolute atomic E-state index is 10.2. The second kappa shape index (κ2) is 3.59. The number of hydrogen-bond acceptors (Lipinski definition) is 2. The molecule has 1 aromatic carbocycles. The van der Waals surface area contributed by atoms with Crippen LogP contribution in [0.1, 0.15) is 0 Å². The lowest BCUT2D eigenvalue weighted by Gasteiger charge is -1.98. The van der Waals surface area contributed by atoms with Crippen molar-refractivity contribution in [2.45, 2.75) is 0 Å². The summed E-state index contributed by atoms with van der Waals surface area (Å²) in [6, 6.07) is 7.31. The molecule has 1 radical (unpaired) electrons. The number of halogens is 1. The summed E-state index contributed by atoms with van der Waals surface area (Å²) in [5.74, 6) is 0. The predicted molar refractivity (Wildman–Crippen MR) is 44.2 cm³/mol. The molecule has 59 valence electrons. The van der Waals surface area contributed by atoms with Gasteiger partial charge in [0.2, 0.25) is 10.9 Å². The lowest BCUT2D eigenvalue weighted by molar-refractivity contribution is 0.619. The maximum atomic E-state index is 10.2. The van der Waals surface area contributed by atoms with Crippen LogP contribution < -0.4 is 4.72 Å². The molecule has 0 fully saturated rings. The monoisotopic (exact) mass is 190 g/mol. The molecule has 0 saturated carbocycles. The van der Waals surface area contributed by atoms with Gasteiger partial charge in [-0.15, -0.1) is 0 Å². The molecule has 0 aliphatic heterocycles. The summed E-state index contributed by atoms with van der Waals surface area (Å²) in [4.78, 5) is 0. The van der Waals surface area contributed by atoms with Gasteiger partial charge in [0.25, 0.3) is 0 Å². The number of hydrogen-bond donors (Lipinski definition) is 2. The quantitative estimate of drug-likeness (QED) is 0.686. The van der Waals surface area contributed by atoms with Gasteiger partial charge in [-0.3, -0.25) is 4.72 Å². The first-order chi connectivity index (χ1) is 5.20. The number of thiol groups is 1. The lowest BCUT2D eigenvalue weighted by atomic mass is 10.3. The number of anilines is 1. The molecular weight excluding hydrogens is 186 g/mol. The molecule has 1 aromatic rings. The Morgan fingerprint density at radius 3 is 2.82 bits per heavy atom. The van der Waals surface area contributed by atoms with Gasteiger partial charge in [0, 0.05) is 0 Å². The Labute approximate surface area is 71.1 Å². The smallest absolute Gasteiger partial charge is 0.222 e. The molecule has 1 rings (SSSR count). The van der Waals surface area contributed by atoms with Crippen molar-refractivity contribution in [2.24, 2.45) is 0 Å². The molecule has 0 aromatic heterocycles. The molecule has 0 saturated heterocycles. The fourth-order valence-corrected chi connectivity index (χ4v) is 1.23. The van der Waals surface area contributed by atoms with E-state index in [2.05, 4.69) is 10.8 Å². The van der Waals surface area contributed by atoms with Gasteiger partial charge in [-0.1, -0.05) is 17.7 Å². The zero-order valence-electron chi connectivity index (χ0n) is 5.37. The Kier molecular flexibility index (Phi) is 2.73. The highest BCUT2D eigenvalue weighted by molar-refractivity contribution is 7.73. The van der Waals surface area contributed by atoms with Crippen molar-refractivity contribution >= 4 is 28.2 Å². The Hall–Kier alpha value is -0.740. The summed E-state index contributed by atoms with van der Waals surface area (Å²) < 4.78 is 22.5. The molecule has 1 N–H and O–H groups in total. The third-order valence-corrected chi connectivity index (χ3v) is 1.76. The van der Waals surface area contributed by atoms with E-state index >= 15 is 0 Å². The molecule has 0 aliphatic carbocycles. The molecular formula is C6H5ClNO2S. The van der Waals surface area contributed by atoms with Crippen LogP contribution in [0.4, 0.5) is 5.69 Å². The first kappa shape index (κ1) is 8.36. The van der Waals surface area contributed by atoms with Crippen LogP contribution in [0.25, 0.3) is 0 Å². The third kappa shape index (κ3) is 2.40. The van der Waals surface area contributed by atoms with E-state index in [9.17, 15) is 8.42 Å². The first-order valence-electron chi connectivity index (χ1n) is 2.77. The standard InChI is InChI=1S/C6H5ClNO2S/c7-5-3-1-2-4-6(5)8-11(9)10/h2-4,11H,(H,8,9,10). The summed E-state index contributed by atoms with van der Waals surface area (Å²) in [7, 11) is -2.64. The molecule has 0 atom stereocenters. The molecule has 0 spiro atoms. The van der Waals surface area contributed by atoms with Crippen molar-refractivity contribution in [3.05, 3.63) is 29.3 Å². The van der Waals surface area contributed by atoms with E-state index < -0.39 is 10.9 Å². The molecule has 3 nitrogen and oxygen atoms in total. The highest BCUT2D eigenvalue weighted by Crippen LogP contribution is 2.19. The van der Waals surface area contributed by atoms with Crippen LogP contribution >= 0.6 is 11.6 Å². The van der Waals surface area contributed by atoms with Crippen LogP contribution in [0, 0.1) is 6.07 Å². The van der Waals surface area contributed by atoms with Crippen molar-refractivity contribution in [1.82, 2.24) is 0 Å². The molecule has 0 heterocycles. The van der Waals surface area contributed by atoms with E-state index in [4.69, 9.17) is 11.6 Å². The topological polar surface area (TPSA) is 46.2 Å². The Morgan fingerprint density at radius 1 is 1.55 bits per heavy atom. The van der Waals surface area contributed by atoms with E-state index in [-0.39, 0.29) is 0 Å². The van der Waals surface area contributed by atoms with Crippen molar-refractivity contribution in [2.75, 3.05) is 4.72 Å². The fraction of sp³-hybridized carbons (Fsp3) is 0. The van der Waals surface area contributed by atoms with Gasteiger partial charge in [0.1, 0.15) is 0 Å². The summed E-state index contributed by atoms with van der Waals surface area (Å²) in [5.41, 5.74) is 0.376. The van der Waals surface area contributed by atoms with Crippen LogP contribution in [-0.2, 0) is 10.9 Å².